The third-order valence-electron chi connectivity index (χ3n) is 3.85. The van der Waals surface area contributed by atoms with Crippen molar-refractivity contribution in [2.45, 2.75) is 20.8 Å². The Balaban J connectivity index is 1.85. The molecule has 0 saturated carbocycles. The molecule has 0 aliphatic carbocycles. The number of benzene rings is 1. The highest BCUT2D eigenvalue weighted by molar-refractivity contribution is 7.14. The van der Waals surface area contributed by atoms with Crippen molar-refractivity contribution in [2.75, 3.05) is 5.32 Å². The summed E-state index contributed by atoms with van der Waals surface area (Å²) in [6.45, 7) is 6.24. The molecule has 122 valence electrons. The van der Waals surface area contributed by atoms with Gasteiger partial charge in [-0.15, -0.1) is 11.3 Å². The zero-order chi connectivity index (χ0) is 17.3. The quantitative estimate of drug-likeness (QED) is 0.668. The average Bonchev–Trinajstić information content (AvgIpc) is 2.99. The number of hydrogen-bond acceptors (Lipinski definition) is 4. The first-order valence-electron chi connectivity index (χ1n) is 7.41. The molecule has 2 aromatic heterocycles. The van der Waals surface area contributed by atoms with Gasteiger partial charge in [0.1, 0.15) is 5.15 Å². The van der Waals surface area contributed by atoms with Gasteiger partial charge in [-0.1, -0.05) is 17.7 Å². The van der Waals surface area contributed by atoms with E-state index in [9.17, 15) is 4.79 Å². The van der Waals surface area contributed by atoms with Crippen molar-refractivity contribution < 1.29 is 4.79 Å². The molecular weight excluding hydrogens is 342 g/mol. The monoisotopic (exact) mass is 357 g/mol. The summed E-state index contributed by atoms with van der Waals surface area (Å²) in [4.78, 5) is 20.7. The fourth-order valence-corrected chi connectivity index (χ4v) is 3.32. The van der Waals surface area contributed by atoms with Crippen LogP contribution < -0.4 is 5.32 Å². The molecule has 0 fully saturated rings. The van der Waals surface area contributed by atoms with Gasteiger partial charge < -0.3 is 0 Å². The van der Waals surface area contributed by atoms with E-state index in [1.54, 1.807) is 18.3 Å². The summed E-state index contributed by atoms with van der Waals surface area (Å²) >= 11 is 7.34. The second-order valence-corrected chi connectivity index (χ2v) is 6.80. The van der Waals surface area contributed by atoms with E-state index in [0.29, 0.717) is 10.7 Å². The highest BCUT2D eigenvalue weighted by atomic mass is 35.5. The predicted octanol–water partition coefficient (Wildman–Crippen LogP) is 5.04. The molecule has 6 heteroatoms. The van der Waals surface area contributed by atoms with Gasteiger partial charge in [-0.3, -0.25) is 10.1 Å². The maximum Gasteiger partial charge on any atom is 0.260 e. The molecule has 0 atom stereocenters. The van der Waals surface area contributed by atoms with Crippen LogP contribution in [-0.2, 0) is 0 Å². The molecule has 1 N–H and O–H groups in total. The number of anilines is 1. The van der Waals surface area contributed by atoms with Crippen LogP contribution in [-0.4, -0.2) is 15.9 Å². The van der Waals surface area contributed by atoms with Crippen molar-refractivity contribution in [2.24, 2.45) is 0 Å². The van der Waals surface area contributed by atoms with E-state index >= 15 is 0 Å². The van der Waals surface area contributed by atoms with Crippen molar-refractivity contribution in [3.8, 4) is 11.3 Å². The average molecular weight is 358 g/mol. The number of carbonyl (C=O) groups is 1. The van der Waals surface area contributed by atoms with E-state index in [0.717, 1.165) is 16.8 Å². The summed E-state index contributed by atoms with van der Waals surface area (Å²) in [5.74, 6) is -0.314. The molecular formula is C18H16ClN3OS. The van der Waals surface area contributed by atoms with Crippen molar-refractivity contribution in [3.63, 3.8) is 0 Å². The Morgan fingerprint density at radius 3 is 2.67 bits per heavy atom. The van der Waals surface area contributed by atoms with Crippen LogP contribution in [0.4, 0.5) is 5.13 Å². The van der Waals surface area contributed by atoms with Crippen LogP contribution in [0.3, 0.4) is 0 Å². The van der Waals surface area contributed by atoms with Crippen molar-refractivity contribution in [3.05, 3.63) is 63.2 Å². The lowest BCUT2D eigenvalue weighted by Gasteiger charge is -2.07. The Morgan fingerprint density at radius 2 is 1.92 bits per heavy atom. The number of hydrogen-bond donors (Lipinski definition) is 1. The van der Waals surface area contributed by atoms with Crippen LogP contribution in [0.1, 0.15) is 27.0 Å². The minimum atomic E-state index is -0.314. The van der Waals surface area contributed by atoms with Gasteiger partial charge in [-0.2, -0.15) is 0 Å². The summed E-state index contributed by atoms with van der Waals surface area (Å²) in [6.07, 6.45) is 1.54. The van der Waals surface area contributed by atoms with Crippen molar-refractivity contribution >= 4 is 34.0 Å². The van der Waals surface area contributed by atoms with Gasteiger partial charge in [-0.05, 0) is 55.7 Å². The van der Waals surface area contributed by atoms with Gasteiger partial charge in [0, 0.05) is 17.1 Å². The largest absolute Gasteiger partial charge is 0.298 e. The van der Waals surface area contributed by atoms with Gasteiger partial charge in [0.2, 0.25) is 0 Å². The summed E-state index contributed by atoms with van der Waals surface area (Å²) < 4.78 is 0. The van der Waals surface area contributed by atoms with E-state index in [2.05, 4.69) is 48.2 Å². The minimum absolute atomic E-state index is 0.178. The Hall–Kier alpha value is -2.24. The van der Waals surface area contributed by atoms with Crippen LogP contribution >= 0.6 is 22.9 Å². The van der Waals surface area contributed by atoms with E-state index in [-0.39, 0.29) is 11.1 Å². The number of nitrogens with one attached hydrogen (secondary N) is 1. The zero-order valence-corrected chi connectivity index (χ0v) is 15.1. The summed E-state index contributed by atoms with van der Waals surface area (Å²) in [6, 6.07) is 7.58. The summed E-state index contributed by atoms with van der Waals surface area (Å²) in [5, 5.41) is 5.43. The number of carbonyl (C=O) groups excluding carboxylic acids is 1. The Kier molecular flexibility index (Phi) is 4.64. The first-order chi connectivity index (χ1) is 11.5. The van der Waals surface area contributed by atoms with E-state index < -0.39 is 0 Å². The van der Waals surface area contributed by atoms with Crippen LogP contribution in [0.5, 0.6) is 0 Å². The minimum Gasteiger partial charge on any atom is -0.298 e. The first-order valence-corrected chi connectivity index (χ1v) is 8.67. The number of aryl methyl sites for hydroxylation is 3. The van der Waals surface area contributed by atoms with Crippen LogP contribution in [0.15, 0.2) is 35.8 Å². The van der Waals surface area contributed by atoms with Gasteiger partial charge in [-0.25, -0.2) is 9.97 Å². The molecule has 0 aliphatic heterocycles. The molecule has 0 saturated heterocycles. The molecule has 3 rings (SSSR count). The maximum absolute atomic E-state index is 12.3. The van der Waals surface area contributed by atoms with Crippen LogP contribution in [0.25, 0.3) is 11.3 Å². The lowest BCUT2D eigenvalue weighted by Crippen LogP contribution is -2.12. The maximum atomic E-state index is 12.3. The number of amides is 1. The van der Waals surface area contributed by atoms with E-state index in [1.165, 1.54) is 22.5 Å². The first kappa shape index (κ1) is 16.6. The third kappa shape index (κ3) is 3.32. The molecule has 0 radical (unpaired) electrons. The van der Waals surface area contributed by atoms with Crippen molar-refractivity contribution in [1.29, 1.82) is 0 Å². The fourth-order valence-electron chi connectivity index (χ4n) is 2.41. The number of halogens is 1. The smallest absolute Gasteiger partial charge is 0.260 e. The standard InChI is InChI=1S/C18H16ClN3OS/c1-10-7-12(3)14(8-11(10)2)15-9-24-18(21-15)22-17(23)13-5-4-6-20-16(13)19/h4-9H,1-3H3,(H,21,22,23). The molecule has 1 aromatic carbocycles. The second kappa shape index (κ2) is 6.71. The Morgan fingerprint density at radius 1 is 1.17 bits per heavy atom. The Labute approximate surface area is 149 Å². The summed E-state index contributed by atoms with van der Waals surface area (Å²) in [5.41, 5.74) is 5.90. The SMILES string of the molecule is Cc1cc(C)c(-c2csc(NC(=O)c3cccnc3Cl)n2)cc1C. The number of thiazole rings is 1. The normalized spacial score (nSPS) is 10.7. The van der Waals surface area contributed by atoms with Crippen LogP contribution in [0, 0.1) is 20.8 Å². The molecule has 24 heavy (non-hydrogen) atoms. The van der Waals surface area contributed by atoms with E-state index in [1.807, 2.05) is 5.38 Å². The van der Waals surface area contributed by atoms with Gasteiger partial charge in [0.25, 0.3) is 5.91 Å². The topological polar surface area (TPSA) is 54.9 Å². The van der Waals surface area contributed by atoms with Crippen molar-refractivity contribution in [1.82, 2.24) is 9.97 Å². The van der Waals surface area contributed by atoms with Crippen LogP contribution in [0.2, 0.25) is 5.15 Å². The van der Waals surface area contributed by atoms with Gasteiger partial charge in [0.05, 0.1) is 11.3 Å². The lowest BCUT2D eigenvalue weighted by atomic mass is 9.99. The zero-order valence-electron chi connectivity index (χ0n) is 13.6. The fraction of sp³-hybridized carbons (Fsp3) is 0.167. The molecule has 3 aromatic rings. The number of nitrogens with zero attached hydrogens (tertiary/aromatic N) is 2. The molecule has 0 bridgehead atoms. The summed E-state index contributed by atoms with van der Waals surface area (Å²) in [7, 11) is 0. The molecule has 0 spiro atoms. The molecule has 0 aliphatic rings. The van der Waals surface area contributed by atoms with E-state index in [4.69, 9.17) is 11.6 Å². The second-order valence-electron chi connectivity index (χ2n) is 5.59. The number of pyridine rings is 1. The lowest BCUT2D eigenvalue weighted by molar-refractivity contribution is 0.102. The number of aromatic nitrogens is 2. The highest BCUT2D eigenvalue weighted by Crippen LogP contribution is 2.29. The molecule has 4 nitrogen and oxygen atoms in total. The molecule has 0 unspecified atom stereocenters. The highest BCUT2D eigenvalue weighted by Gasteiger charge is 2.14. The van der Waals surface area contributed by atoms with Gasteiger partial charge >= 0.3 is 0 Å². The molecule has 1 amide bonds. The number of rotatable bonds is 3. The third-order valence-corrected chi connectivity index (χ3v) is 4.90. The Bertz CT molecular complexity index is 920. The van der Waals surface area contributed by atoms with Gasteiger partial charge in [0.15, 0.2) is 5.13 Å². The predicted molar refractivity (Wildman–Crippen MR) is 99.0 cm³/mol. The molecule has 2 heterocycles.